The summed E-state index contributed by atoms with van der Waals surface area (Å²) in [6.07, 6.45) is 0. The van der Waals surface area contributed by atoms with Crippen molar-refractivity contribution in [3.8, 4) is 5.75 Å². The van der Waals surface area contributed by atoms with Crippen LogP contribution in [-0.4, -0.2) is 35.4 Å². The van der Waals surface area contributed by atoms with Crippen LogP contribution in [0, 0.1) is 0 Å². The molecule has 29 heavy (non-hydrogen) atoms. The number of hydrogen-bond donors (Lipinski definition) is 1. The van der Waals surface area contributed by atoms with Crippen LogP contribution in [0.3, 0.4) is 0 Å². The Hall–Kier alpha value is -1.76. The Morgan fingerprint density at radius 1 is 1.10 bits per heavy atom. The first-order chi connectivity index (χ1) is 13.7. The SMILES string of the molecule is CC(C)NC(=O)[C@@H](C)N(Cc1ccc(Br)cc1)C(=O)COc1ccc(Cl)cc1Cl. The minimum atomic E-state index is -0.669. The number of carbonyl (C=O) groups excluding carboxylic acids is 2. The molecule has 0 aliphatic carbocycles. The van der Waals surface area contributed by atoms with E-state index in [4.69, 9.17) is 27.9 Å². The van der Waals surface area contributed by atoms with E-state index in [1.807, 2.05) is 38.1 Å². The van der Waals surface area contributed by atoms with E-state index < -0.39 is 6.04 Å². The average Bonchev–Trinajstić information content (AvgIpc) is 2.65. The predicted octanol–water partition coefficient (Wildman–Crippen LogP) is 5.08. The van der Waals surface area contributed by atoms with E-state index in [1.165, 1.54) is 4.90 Å². The lowest BCUT2D eigenvalue weighted by molar-refractivity contribution is -0.142. The minimum Gasteiger partial charge on any atom is -0.482 e. The van der Waals surface area contributed by atoms with Crippen LogP contribution in [0.4, 0.5) is 0 Å². The number of rotatable bonds is 8. The van der Waals surface area contributed by atoms with Gasteiger partial charge in [0.25, 0.3) is 5.91 Å². The van der Waals surface area contributed by atoms with E-state index in [-0.39, 0.29) is 31.0 Å². The van der Waals surface area contributed by atoms with Gasteiger partial charge in [0, 0.05) is 22.1 Å². The van der Waals surface area contributed by atoms with Gasteiger partial charge < -0.3 is 15.0 Å². The van der Waals surface area contributed by atoms with Gasteiger partial charge >= 0.3 is 0 Å². The Labute approximate surface area is 189 Å². The Kier molecular flexibility index (Phi) is 8.80. The number of carbonyl (C=O) groups is 2. The van der Waals surface area contributed by atoms with E-state index in [1.54, 1.807) is 25.1 Å². The fraction of sp³-hybridized carbons (Fsp3) is 0.333. The largest absolute Gasteiger partial charge is 0.482 e. The van der Waals surface area contributed by atoms with E-state index in [9.17, 15) is 9.59 Å². The van der Waals surface area contributed by atoms with Gasteiger partial charge in [0.1, 0.15) is 11.8 Å². The number of ether oxygens (including phenoxy) is 1. The van der Waals surface area contributed by atoms with Crippen molar-refractivity contribution in [2.45, 2.75) is 39.4 Å². The molecule has 156 valence electrons. The first-order valence-electron chi connectivity index (χ1n) is 9.09. The Morgan fingerprint density at radius 3 is 2.34 bits per heavy atom. The fourth-order valence-corrected chi connectivity index (χ4v) is 3.32. The lowest BCUT2D eigenvalue weighted by Gasteiger charge is -2.29. The molecule has 0 radical (unpaired) electrons. The summed E-state index contributed by atoms with van der Waals surface area (Å²) < 4.78 is 6.52. The van der Waals surface area contributed by atoms with Gasteiger partial charge in [-0.1, -0.05) is 51.3 Å². The lowest BCUT2D eigenvalue weighted by atomic mass is 10.1. The molecule has 8 heteroatoms. The molecule has 0 aromatic heterocycles. The van der Waals surface area contributed by atoms with Crippen LogP contribution in [0.1, 0.15) is 26.3 Å². The summed E-state index contributed by atoms with van der Waals surface area (Å²) in [5.74, 6) is -0.201. The summed E-state index contributed by atoms with van der Waals surface area (Å²) in [5, 5.41) is 3.64. The first kappa shape index (κ1) is 23.5. The molecule has 0 spiro atoms. The Morgan fingerprint density at radius 2 is 1.76 bits per heavy atom. The first-order valence-corrected chi connectivity index (χ1v) is 10.6. The van der Waals surface area contributed by atoms with E-state index in [2.05, 4.69) is 21.2 Å². The fourth-order valence-electron chi connectivity index (χ4n) is 2.59. The zero-order valence-corrected chi connectivity index (χ0v) is 19.5. The van der Waals surface area contributed by atoms with Crippen molar-refractivity contribution in [2.24, 2.45) is 0 Å². The van der Waals surface area contributed by atoms with Gasteiger partial charge in [-0.25, -0.2) is 0 Å². The van der Waals surface area contributed by atoms with E-state index in [0.717, 1.165) is 10.0 Å². The van der Waals surface area contributed by atoms with Crippen molar-refractivity contribution in [1.82, 2.24) is 10.2 Å². The number of halogens is 3. The van der Waals surface area contributed by atoms with Gasteiger partial charge in [0.05, 0.1) is 5.02 Å². The van der Waals surface area contributed by atoms with Gasteiger partial charge in [0.2, 0.25) is 5.91 Å². The molecule has 0 fully saturated rings. The topological polar surface area (TPSA) is 58.6 Å². The predicted molar refractivity (Wildman–Crippen MR) is 119 cm³/mol. The molecule has 2 amide bonds. The van der Waals surface area contributed by atoms with Crippen molar-refractivity contribution < 1.29 is 14.3 Å². The molecular weight excluding hydrogens is 479 g/mol. The van der Waals surface area contributed by atoms with Crippen LogP contribution >= 0.6 is 39.1 Å². The van der Waals surface area contributed by atoms with Crippen molar-refractivity contribution in [2.75, 3.05) is 6.61 Å². The lowest BCUT2D eigenvalue weighted by Crippen LogP contribution is -2.50. The highest BCUT2D eigenvalue weighted by Gasteiger charge is 2.27. The highest BCUT2D eigenvalue weighted by Crippen LogP contribution is 2.27. The average molecular weight is 502 g/mol. The highest BCUT2D eigenvalue weighted by atomic mass is 79.9. The molecule has 0 bridgehead atoms. The highest BCUT2D eigenvalue weighted by molar-refractivity contribution is 9.10. The third kappa shape index (κ3) is 7.21. The van der Waals surface area contributed by atoms with Gasteiger partial charge in [-0.05, 0) is 56.7 Å². The van der Waals surface area contributed by atoms with Crippen LogP contribution in [0.15, 0.2) is 46.9 Å². The van der Waals surface area contributed by atoms with Gasteiger partial charge in [-0.3, -0.25) is 9.59 Å². The van der Waals surface area contributed by atoms with Crippen LogP contribution in [-0.2, 0) is 16.1 Å². The van der Waals surface area contributed by atoms with Gasteiger partial charge in [-0.15, -0.1) is 0 Å². The summed E-state index contributed by atoms with van der Waals surface area (Å²) in [6, 6.07) is 11.7. The number of nitrogens with zero attached hydrogens (tertiary/aromatic N) is 1. The van der Waals surface area contributed by atoms with Crippen LogP contribution in [0.25, 0.3) is 0 Å². The van der Waals surface area contributed by atoms with Gasteiger partial charge in [0.15, 0.2) is 6.61 Å². The second-order valence-corrected chi connectivity index (χ2v) is 8.61. The summed E-state index contributed by atoms with van der Waals surface area (Å²) in [4.78, 5) is 27.0. The minimum absolute atomic E-state index is 0.0290. The van der Waals surface area contributed by atoms with Crippen LogP contribution < -0.4 is 10.1 Å². The molecule has 0 aliphatic rings. The van der Waals surface area contributed by atoms with E-state index in [0.29, 0.717) is 15.8 Å². The second kappa shape index (κ2) is 10.9. The van der Waals surface area contributed by atoms with E-state index >= 15 is 0 Å². The molecule has 0 saturated heterocycles. The maximum atomic E-state index is 12.9. The quantitative estimate of drug-likeness (QED) is 0.548. The maximum Gasteiger partial charge on any atom is 0.261 e. The molecule has 5 nitrogen and oxygen atoms in total. The van der Waals surface area contributed by atoms with Crippen LogP contribution in [0.2, 0.25) is 10.0 Å². The van der Waals surface area contributed by atoms with Crippen molar-refractivity contribution in [1.29, 1.82) is 0 Å². The number of nitrogens with one attached hydrogen (secondary N) is 1. The molecule has 1 N–H and O–H groups in total. The Balaban J connectivity index is 2.16. The molecule has 0 heterocycles. The molecule has 2 aromatic carbocycles. The maximum absolute atomic E-state index is 12.9. The molecular formula is C21H23BrCl2N2O3. The normalized spacial score (nSPS) is 11.8. The third-order valence-electron chi connectivity index (χ3n) is 4.11. The number of hydrogen-bond acceptors (Lipinski definition) is 3. The van der Waals surface area contributed by atoms with Crippen molar-refractivity contribution >= 4 is 50.9 Å². The molecule has 0 saturated carbocycles. The number of benzene rings is 2. The van der Waals surface area contributed by atoms with Crippen molar-refractivity contribution in [3.63, 3.8) is 0 Å². The second-order valence-electron chi connectivity index (χ2n) is 6.85. The zero-order chi connectivity index (χ0) is 21.6. The standard InChI is InChI=1S/C21H23BrCl2N2O3/c1-13(2)25-21(28)14(3)26(11-15-4-6-16(22)7-5-15)20(27)12-29-19-9-8-17(23)10-18(19)24/h4-10,13-14H,11-12H2,1-3H3,(H,25,28)/t14-/m1/s1. The number of amides is 2. The summed E-state index contributed by atoms with van der Waals surface area (Å²) in [5.41, 5.74) is 0.898. The Bertz CT molecular complexity index is 860. The molecule has 2 rings (SSSR count). The zero-order valence-electron chi connectivity index (χ0n) is 16.4. The smallest absolute Gasteiger partial charge is 0.261 e. The van der Waals surface area contributed by atoms with Crippen LogP contribution in [0.5, 0.6) is 5.75 Å². The molecule has 2 aromatic rings. The third-order valence-corrected chi connectivity index (χ3v) is 5.17. The summed E-state index contributed by atoms with van der Waals surface area (Å²) in [7, 11) is 0. The summed E-state index contributed by atoms with van der Waals surface area (Å²) >= 11 is 15.4. The molecule has 0 unspecified atom stereocenters. The monoisotopic (exact) mass is 500 g/mol. The summed E-state index contributed by atoms with van der Waals surface area (Å²) in [6.45, 7) is 5.46. The molecule has 1 atom stereocenters. The van der Waals surface area contributed by atoms with Gasteiger partial charge in [-0.2, -0.15) is 0 Å². The van der Waals surface area contributed by atoms with Crippen molar-refractivity contribution in [3.05, 3.63) is 62.5 Å². The molecule has 0 aliphatic heterocycles.